The topological polar surface area (TPSA) is 69.6 Å². The van der Waals surface area contributed by atoms with Crippen LogP contribution >= 0.6 is 0 Å². The fourth-order valence-electron chi connectivity index (χ4n) is 0.995. The Morgan fingerprint density at radius 3 is 2.77 bits per heavy atom. The highest BCUT2D eigenvalue weighted by Crippen LogP contribution is 1.94. The van der Waals surface area contributed by atoms with Crippen LogP contribution in [0, 0.1) is 0 Å². The molecule has 0 saturated carbocycles. The van der Waals surface area contributed by atoms with Gasteiger partial charge in [-0.25, -0.2) is 0 Å². The van der Waals surface area contributed by atoms with E-state index in [1.54, 1.807) is 0 Å². The first-order valence-corrected chi connectivity index (χ1v) is 4.76. The molecule has 4 heteroatoms. The summed E-state index contributed by atoms with van der Waals surface area (Å²) < 4.78 is 0. The van der Waals surface area contributed by atoms with E-state index < -0.39 is 6.10 Å². The van der Waals surface area contributed by atoms with Crippen LogP contribution in [0.2, 0.25) is 0 Å². The summed E-state index contributed by atoms with van der Waals surface area (Å²) in [5, 5.41) is 20.3. The standard InChI is InChI=1S/C9H19NO3/c1-2-4-8(12)7-10-9(13)5-3-6-11/h8,11-12H,2-7H2,1H3,(H,10,13). The first-order chi connectivity index (χ1) is 6.20. The number of carbonyl (C=O) groups is 1. The van der Waals surface area contributed by atoms with Crippen LogP contribution in [0.15, 0.2) is 0 Å². The predicted molar refractivity (Wildman–Crippen MR) is 50.2 cm³/mol. The van der Waals surface area contributed by atoms with Gasteiger partial charge >= 0.3 is 0 Å². The van der Waals surface area contributed by atoms with Crippen LogP contribution in [0.1, 0.15) is 32.6 Å². The molecule has 0 aromatic rings. The zero-order valence-electron chi connectivity index (χ0n) is 8.12. The molecule has 4 nitrogen and oxygen atoms in total. The molecule has 0 bridgehead atoms. The van der Waals surface area contributed by atoms with E-state index in [1.807, 2.05) is 6.92 Å². The Bertz CT molecular complexity index is 139. The van der Waals surface area contributed by atoms with Crippen LogP contribution in [0.5, 0.6) is 0 Å². The van der Waals surface area contributed by atoms with E-state index in [0.717, 1.165) is 6.42 Å². The summed E-state index contributed by atoms with van der Waals surface area (Å²) >= 11 is 0. The zero-order chi connectivity index (χ0) is 10.1. The van der Waals surface area contributed by atoms with E-state index in [1.165, 1.54) is 0 Å². The Hall–Kier alpha value is -0.610. The number of hydrogen-bond donors (Lipinski definition) is 3. The van der Waals surface area contributed by atoms with Gasteiger partial charge in [0, 0.05) is 19.6 Å². The lowest BCUT2D eigenvalue weighted by molar-refractivity contribution is -0.121. The molecule has 0 fully saturated rings. The molecule has 13 heavy (non-hydrogen) atoms. The molecule has 3 N–H and O–H groups in total. The van der Waals surface area contributed by atoms with E-state index in [2.05, 4.69) is 5.32 Å². The molecule has 1 amide bonds. The van der Waals surface area contributed by atoms with Gasteiger partial charge in [-0.05, 0) is 12.8 Å². The molecule has 0 aromatic carbocycles. The molecule has 78 valence electrons. The Morgan fingerprint density at radius 1 is 1.54 bits per heavy atom. The van der Waals surface area contributed by atoms with Gasteiger partial charge in [-0.1, -0.05) is 13.3 Å². The van der Waals surface area contributed by atoms with Crippen molar-refractivity contribution in [3.05, 3.63) is 0 Å². The zero-order valence-corrected chi connectivity index (χ0v) is 8.12. The lowest BCUT2D eigenvalue weighted by Crippen LogP contribution is -2.31. The largest absolute Gasteiger partial charge is 0.396 e. The molecule has 0 spiro atoms. The maximum Gasteiger partial charge on any atom is 0.220 e. The maximum absolute atomic E-state index is 11.0. The van der Waals surface area contributed by atoms with Crippen molar-refractivity contribution in [1.82, 2.24) is 5.32 Å². The van der Waals surface area contributed by atoms with Crippen LogP contribution in [0.25, 0.3) is 0 Å². The van der Waals surface area contributed by atoms with Crippen molar-refractivity contribution in [2.45, 2.75) is 38.7 Å². The highest BCUT2D eigenvalue weighted by molar-refractivity contribution is 5.75. The average molecular weight is 189 g/mol. The number of nitrogens with one attached hydrogen (secondary N) is 1. The number of aliphatic hydroxyl groups excluding tert-OH is 2. The molecule has 0 aromatic heterocycles. The van der Waals surface area contributed by atoms with Gasteiger partial charge in [0.25, 0.3) is 0 Å². The van der Waals surface area contributed by atoms with Crippen molar-refractivity contribution in [1.29, 1.82) is 0 Å². The van der Waals surface area contributed by atoms with Crippen molar-refractivity contribution in [2.24, 2.45) is 0 Å². The van der Waals surface area contributed by atoms with Crippen molar-refractivity contribution in [3.8, 4) is 0 Å². The van der Waals surface area contributed by atoms with Gasteiger partial charge < -0.3 is 15.5 Å². The molecule has 0 radical (unpaired) electrons. The minimum absolute atomic E-state index is 0.0327. The molecule has 0 rings (SSSR count). The van der Waals surface area contributed by atoms with Crippen molar-refractivity contribution >= 4 is 5.91 Å². The van der Waals surface area contributed by atoms with E-state index in [4.69, 9.17) is 5.11 Å². The molecule has 1 unspecified atom stereocenters. The summed E-state index contributed by atoms with van der Waals surface area (Å²) in [6, 6.07) is 0. The second-order valence-corrected chi connectivity index (χ2v) is 3.07. The van der Waals surface area contributed by atoms with E-state index in [0.29, 0.717) is 25.8 Å². The number of carbonyl (C=O) groups excluding carboxylic acids is 1. The Kier molecular flexibility index (Phi) is 7.63. The summed E-state index contributed by atoms with van der Waals surface area (Å²) in [4.78, 5) is 11.0. The molecule has 1 atom stereocenters. The predicted octanol–water partition coefficient (Wildman–Crippen LogP) is 0.0361. The van der Waals surface area contributed by atoms with Gasteiger partial charge in [0.1, 0.15) is 0 Å². The molecule has 0 aliphatic rings. The van der Waals surface area contributed by atoms with Gasteiger partial charge in [-0.2, -0.15) is 0 Å². The van der Waals surface area contributed by atoms with Crippen molar-refractivity contribution in [2.75, 3.05) is 13.2 Å². The molecule has 0 heterocycles. The van der Waals surface area contributed by atoms with Gasteiger partial charge in [0.05, 0.1) is 6.10 Å². The lowest BCUT2D eigenvalue weighted by atomic mass is 10.2. The molecular weight excluding hydrogens is 170 g/mol. The SMILES string of the molecule is CCCC(O)CNC(=O)CCCO. The van der Waals surface area contributed by atoms with Crippen LogP contribution in [0.3, 0.4) is 0 Å². The third kappa shape index (κ3) is 7.74. The highest BCUT2D eigenvalue weighted by atomic mass is 16.3. The highest BCUT2D eigenvalue weighted by Gasteiger charge is 2.05. The molecule has 0 aliphatic heterocycles. The van der Waals surface area contributed by atoms with Crippen LogP contribution in [-0.4, -0.2) is 35.4 Å². The van der Waals surface area contributed by atoms with Crippen molar-refractivity contribution in [3.63, 3.8) is 0 Å². The lowest BCUT2D eigenvalue weighted by Gasteiger charge is -2.10. The number of rotatable bonds is 7. The second-order valence-electron chi connectivity index (χ2n) is 3.07. The van der Waals surface area contributed by atoms with Gasteiger partial charge in [-0.3, -0.25) is 4.79 Å². The molecular formula is C9H19NO3. The third-order valence-electron chi connectivity index (χ3n) is 1.72. The maximum atomic E-state index is 11.0. The summed E-state index contributed by atoms with van der Waals surface area (Å²) in [5.41, 5.74) is 0. The summed E-state index contributed by atoms with van der Waals surface area (Å²) in [6.45, 7) is 2.33. The number of amides is 1. The van der Waals surface area contributed by atoms with Crippen LogP contribution in [0.4, 0.5) is 0 Å². The summed E-state index contributed by atoms with van der Waals surface area (Å²) in [6.07, 6.45) is 1.99. The molecule has 0 aliphatic carbocycles. The summed E-state index contributed by atoms with van der Waals surface area (Å²) in [5.74, 6) is -0.107. The Morgan fingerprint density at radius 2 is 2.23 bits per heavy atom. The fourth-order valence-corrected chi connectivity index (χ4v) is 0.995. The van der Waals surface area contributed by atoms with Crippen LogP contribution < -0.4 is 5.32 Å². The number of aliphatic hydroxyl groups is 2. The van der Waals surface area contributed by atoms with E-state index in [-0.39, 0.29) is 12.5 Å². The molecule has 0 saturated heterocycles. The third-order valence-corrected chi connectivity index (χ3v) is 1.72. The average Bonchev–Trinajstić information content (AvgIpc) is 2.12. The summed E-state index contributed by atoms with van der Waals surface area (Å²) in [7, 11) is 0. The Balaban J connectivity index is 3.34. The van der Waals surface area contributed by atoms with Crippen LogP contribution in [-0.2, 0) is 4.79 Å². The first-order valence-electron chi connectivity index (χ1n) is 4.76. The second kappa shape index (κ2) is 8.01. The van der Waals surface area contributed by atoms with Gasteiger partial charge in [-0.15, -0.1) is 0 Å². The smallest absolute Gasteiger partial charge is 0.220 e. The van der Waals surface area contributed by atoms with Crippen molar-refractivity contribution < 1.29 is 15.0 Å². The number of hydrogen-bond acceptors (Lipinski definition) is 3. The normalized spacial score (nSPS) is 12.5. The monoisotopic (exact) mass is 189 g/mol. The van der Waals surface area contributed by atoms with E-state index in [9.17, 15) is 9.90 Å². The fraction of sp³-hybridized carbons (Fsp3) is 0.889. The van der Waals surface area contributed by atoms with Gasteiger partial charge in [0.15, 0.2) is 0 Å². The minimum Gasteiger partial charge on any atom is -0.396 e. The van der Waals surface area contributed by atoms with Gasteiger partial charge in [0.2, 0.25) is 5.91 Å². The Labute approximate surface area is 79.0 Å². The van der Waals surface area contributed by atoms with E-state index >= 15 is 0 Å². The minimum atomic E-state index is -0.442. The quantitative estimate of drug-likeness (QED) is 0.529. The first kappa shape index (κ1) is 12.4.